The number of nitrogens with zero attached hydrogens (tertiary/aromatic N) is 1. The van der Waals surface area contributed by atoms with Crippen LogP contribution in [-0.4, -0.2) is 23.3 Å². The number of hydrogen-bond acceptors (Lipinski definition) is 3. The van der Waals surface area contributed by atoms with Crippen LogP contribution in [0, 0.1) is 0 Å². The largest absolute Gasteiger partial charge is 0.242 e. The van der Waals surface area contributed by atoms with E-state index in [4.69, 9.17) is 11.6 Å². The third-order valence-corrected chi connectivity index (χ3v) is 4.22. The molecular formula is C12H17ClN2S. The van der Waals surface area contributed by atoms with Crippen molar-refractivity contribution in [2.75, 3.05) is 13.1 Å². The summed E-state index contributed by atoms with van der Waals surface area (Å²) in [5, 5.41) is 4.08. The number of thioether (sulfide) groups is 1. The number of hydrogen-bond donors (Lipinski definition) is 1. The van der Waals surface area contributed by atoms with Gasteiger partial charge in [-0.15, -0.1) is 11.8 Å². The molecule has 0 amide bonds. The average Bonchev–Trinajstić information content (AvgIpc) is 2.29. The zero-order valence-corrected chi connectivity index (χ0v) is 11.2. The first-order chi connectivity index (χ1) is 7.69. The summed E-state index contributed by atoms with van der Waals surface area (Å²) < 4.78 is 0. The highest BCUT2D eigenvalue weighted by Crippen LogP contribution is 2.34. The Morgan fingerprint density at radius 1 is 1.44 bits per heavy atom. The Balaban J connectivity index is 2.11. The Labute approximate surface area is 106 Å². The van der Waals surface area contributed by atoms with E-state index in [1.54, 1.807) is 0 Å². The maximum absolute atomic E-state index is 5.90. The van der Waals surface area contributed by atoms with Crippen LogP contribution in [0.2, 0.25) is 5.02 Å². The first-order valence-corrected chi connectivity index (χ1v) is 6.93. The second kappa shape index (κ2) is 5.41. The van der Waals surface area contributed by atoms with Crippen LogP contribution in [0.25, 0.3) is 0 Å². The summed E-state index contributed by atoms with van der Waals surface area (Å²) in [5.74, 6) is 0. The van der Waals surface area contributed by atoms with Crippen LogP contribution >= 0.6 is 23.4 Å². The van der Waals surface area contributed by atoms with Crippen LogP contribution in [-0.2, 0) is 0 Å². The molecule has 1 N–H and O–H groups in total. The minimum atomic E-state index is 0.348. The lowest BCUT2D eigenvalue weighted by atomic mass is 10.2. The van der Waals surface area contributed by atoms with Crippen molar-refractivity contribution in [2.24, 2.45) is 0 Å². The molecule has 1 aliphatic heterocycles. The minimum absolute atomic E-state index is 0.348. The monoisotopic (exact) mass is 256 g/mol. The van der Waals surface area contributed by atoms with Crippen LogP contribution in [0.4, 0.5) is 0 Å². The molecule has 0 aromatic heterocycles. The zero-order chi connectivity index (χ0) is 11.5. The Hall–Kier alpha value is -0.220. The molecule has 88 valence electrons. The molecule has 1 aromatic carbocycles. The fraction of sp³-hybridized carbons (Fsp3) is 0.500. The van der Waals surface area contributed by atoms with Gasteiger partial charge in [-0.05, 0) is 17.7 Å². The summed E-state index contributed by atoms with van der Waals surface area (Å²) in [6, 6.07) is 8.10. The lowest BCUT2D eigenvalue weighted by Gasteiger charge is -2.36. The van der Waals surface area contributed by atoms with Crippen molar-refractivity contribution in [1.82, 2.24) is 10.4 Å². The van der Waals surface area contributed by atoms with Gasteiger partial charge in [-0.3, -0.25) is 0 Å². The SMILES string of the molecule is CCN1C[C@@H](C)S[C@@H](c2ccc(Cl)cc2)N1. The van der Waals surface area contributed by atoms with Gasteiger partial charge < -0.3 is 0 Å². The fourth-order valence-electron chi connectivity index (χ4n) is 1.85. The third kappa shape index (κ3) is 2.92. The Morgan fingerprint density at radius 2 is 2.12 bits per heavy atom. The van der Waals surface area contributed by atoms with Crippen LogP contribution in [0.3, 0.4) is 0 Å². The molecule has 2 rings (SSSR count). The molecule has 0 unspecified atom stereocenters. The van der Waals surface area contributed by atoms with Crippen LogP contribution < -0.4 is 5.43 Å². The van der Waals surface area contributed by atoms with E-state index in [9.17, 15) is 0 Å². The topological polar surface area (TPSA) is 15.3 Å². The molecule has 4 heteroatoms. The van der Waals surface area contributed by atoms with Gasteiger partial charge in [0, 0.05) is 23.4 Å². The standard InChI is InChI=1S/C12H17ClN2S/c1-3-15-8-9(2)16-12(14-15)10-4-6-11(13)7-5-10/h4-7,9,12,14H,3,8H2,1-2H3/t9-,12+/m1/s1. The number of benzene rings is 1. The summed E-state index contributed by atoms with van der Waals surface area (Å²) in [6.07, 6.45) is 0. The Kier molecular flexibility index (Phi) is 4.14. The lowest BCUT2D eigenvalue weighted by Crippen LogP contribution is -2.47. The number of nitrogens with one attached hydrogen (secondary N) is 1. The van der Waals surface area contributed by atoms with Gasteiger partial charge in [0.2, 0.25) is 0 Å². The van der Waals surface area contributed by atoms with E-state index in [0.717, 1.165) is 18.1 Å². The first-order valence-electron chi connectivity index (χ1n) is 5.61. The van der Waals surface area contributed by atoms with Crippen LogP contribution in [0.5, 0.6) is 0 Å². The molecule has 0 radical (unpaired) electrons. The molecule has 1 aromatic rings. The van der Waals surface area contributed by atoms with E-state index in [1.807, 2.05) is 23.9 Å². The van der Waals surface area contributed by atoms with Crippen molar-refractivity contribution in [3.63, 3.8) is 0 Å². The van der Waals surface area contributed by atoms with Crippen molar-refractivity contribution in [3.8, 4) is 0 Å². The van der Waals surface area contributed by atoms with Crippen LogP contribution in [0.1, 0.15) is 24.8 Å². The van der Waals surface area contributed by atoms with Gasteiger partial charge in [-0.25, -0.2) is 10.4 Å². The summed E-state index contributed by atoms with van der Waals surface area (Å²) >= 11 is 7.87. The van der Waals surface area contributed by atoms with E-state index in [2.05, 4.69) is 36.4 Å². The number of rotatable bonds is 2. The molecule has 1 aliphatic rings. The molecule has 0 bridgehead atoms. The smallest absolute Gasteiger partial charge is 0.0921 e. The summed E-state index contributed by atoms with van der Waals surface area (Å²) in [5.41, 5.74) is 4.81. The van der Waals surface area contributed by atoms with Crippen molar-refractivity contribution in [3.05, 3.63) is 34.9 Å². The molecule has 1 heterocycles. The Bertz CT molecular complexity index is 341. The molecule has 16 heavy (non-hydrogen) atoms. The van der Waals surface area contributed by atoms with E-state index in [-0.39, 0.29) is 0 Å². The quantitative estimate of drug-likeness (QED) is 0.874. The van der Waals surface area contributed by atoms with E-state index in [0.29, 0.717) is 10.6 Å². The summed E-state index contributed by atoms with van der Waals surface area (Å²) in [6.45, 7) is 6.59. The van der Waals surface area contributed by atoms with Crippen molar-refractivity contribution >= 4 is 23.4 Å². The highest BCUT2D eigenvalue weighted by Gasteiger charge is 2.24. The normalized spacial score (nSPS) is 26.9. The summed E-state index contributed by atoms with van der Waals surface area (Å²) in [7, 11) is 0. The average molecular weight is 257 g/mol. The van der Waals surface area contributed by atoms with Gasteiger partial charge in [-0.1, -0.05) is 37.6 Å². The van der Waals surface area contributed by atoms with Crippen molar-refractivity contribution in [2.45, 2.75) is 24.5 Å². The van der Waals surface area contributed by atoms with Gasteiger partial charge in [0.25, 0.3) is 0 Å². The molecule has 1 saturated heterocycles. The van der Waals surface area contributed by atoms with E-state index >= 15 is 0 Å². The van der Waals surface area contributed by atoms with Gasteiger partial charge >= 0.3 is 0 Å². The predicted molar refractivity (Wildman–Crippen MR) is 71.6 cm³/mol. The highest BCUT2D eigenvalue weighted by molar-refractivity contribution is 8.00. The van der Waals surface area contributed by atoms with Gasteiger partial charge in [-0.2, -0.15) is 0 Å². The van der Waals surface area contributed by atoms with Crippen molar-refractivity contribution in [1.29, 1.82) is 0 Å². The molecule has 2 nitrogen and oxygen atoms in total. The molecule has 0 spiro atoms. The number of halogens is 1. The molecule has 1 fully saturated rings. The maximum atomic E-state index is 5.90. The summed E-state index contributed by atoms with van der Waals surface area (Å²) in [4.78, 5) is 0. The first kappa shape index (κ1) is 12.2. The maximum Gasteiger partial charge on any atom is 0.0921 e. The zero-order valence-electron chi connectivity index (χ0n) is 9.61. The third-order valence-electron chi connectivity index (χ3n) is 2.70. The molecular weight excluding hydrogens is 240 g/mol. The second-order valence-corrected chi connectivity index (χ2v) is 6.03. The van der Waals surface area contributed by atoms with Gasteiger partial charge in [0.1, 0.15) is 0 Å². The molecule has 0 saturated carbocycles. The fourth-order valence-corrected chi connectivity index (χ4v) is 3.23. The minimum Gasteiger partial charge on any atom is -0.242 e. The molecule has 2 atom stereocenters. The molecule has 0 aliphatic carbocycles. The number of hydrazine groups is 1. The lowest BCUT2D eigenvalue weighted by molar-refractivity contribution is 0.183. The van der Waals surface area contributed by atoms with Gasteiger partial charge in [0.15, 0.2) is 0 Å². The second-order valence-electron chi connectivity index (χ2n) is 4.05. The Morgan fingerprint density at radius 3 is 2.75 bits per heavy atom. The highest BCUT2D eigenvalue weighted by atomic mass is 35.5. The van der Waals surface area contributed by atoms with E-state index < -0.39 is 0 Å². The van der Waals surface area contributed by atoms with E-state index in [1.165, 1.54) is 5.56 Å². The van der Waals surface area contributed by atoms with Crippen molar-refractivity contribution < 1.29 is 0 Å². The van der Waals surface area contributed by atoms with Gasteiger partial charge in [0.05, 0.1) is 5.37 Å². The van der Waals surface area contributed by atoms with Crippen LogP contribution in [0.15, 0.2) is 24.3 Å². The predicted octanol–water partition coefficient (Wildman–Crippen LogP) is 3.30.